The molecule has 0 saturated carbocycles. The van der Waals surface area contributed by atoms with Gasteiger partial charge in [0.15, 0.2) is 0 Å². The molecule has 1 amide bonds. The zero-order chi connectivity index (χ0) is 12.8. The van der Waals surface area contributed by atoms with Crippen molar-refractivity contribution in [3.05, 3.63) is 22.4 Å². The van der Waals surface area contributed by atoms with Crippen LogP contribution in [-0.4, -0.2) is 34.1 Å². The van der Waals surface area contributed by atoms with Gasteiger partial charge in [0.2, 0.25) is 5.91 Å². The monoisotopic (exact) mass is 257 g/mol. The van der Waals surface area contributed by atoms with Crippen LogP contribution >= 0.6 is 11.3 Å². The molecule has 1 atom stereocenters. The number of aliphatic carboxylic acids is 2. The van der Waals surface area contributed by atoms with Crippen LogP contribution in [0.3, 0.4) is 0 Å². The molecule has 0 spiro atoms. The highest BCUT2D eigenvalue weighted by molar-refractivity contribution is 7.10. The van der Waals surface area contributed by atoms with Crippen LogP contribution in [0, 0.1) is 0 Å². The lowest BCUT2D eigenvalue weighted by Gasteiger charge is -2.11. The highest BCUT2D eigenvalue weighted by Gasteiger charge is 2.22. The Labute approximate surface area is 101 Å². The van der Waals surface area contributed by atoms with Crippen molar-refractivity contribution in [1.82, 2.24) is 5.32 Å². The first-order valence-electron chi connectivity index (χ1n) is 4.75. The highest BCUT2D eigenvalue weighted by Crippen LogP contribution is 2.09. The standard InChI is InChI=1S/C10H11NO5S/c12-8(4-6-2-1-3-17-6)11-7(10(15)16)5-9(13)14/h1-3,7H,4-5H2,(H,11,12)(H,13,14)(H,15,16)/t7-/m0/s1. The molecule has 0 fully saturated rings. The maximum atomic E-state index is 11.4. The number of rotatable bonds is 6. The number of hydrogen-bond acceptors (Lipinski definition) is 4. The zero-order valence-electron chi connectivity index (χ0n) is 8.75. The molecular weight excluding hydrogens is 246 g/mol. The largest absolute Gasteiger partial charge is 0.481 e. The Morgan fingerprint density at radius 2 is 2.06 bits per heavy atom. The molecule has 3 N–H and O–H groups in total. The Morgan fingerprint density at radius 3 is 2.53 bits per heavy atom. The van der Waals surface area contributed by atoms with Crippen LogP contribution in [0.25, 0.3) is 0 Å². The van der Waals surface area contributed by atoms with E-state index in [2.05, 4.69) is 5.32 Å². The molecule has 0 aromatic carbocycles. The van der Waals surface area contributed by atoms with E-state index in [4.69, 9.17) is 10.2 Å². The van der Waals surface area contributed by atoms with Gasteiger partial charge in [-0.1, -0.05) is 6.07 Å². The number of carboxylic acid groups (broad SMARTS) is 2. The van der Waals surface area contributed by atoms with Crippen LogP contribution in [0.4, 0.5) is 0 Å². The van der Waals surface area contributed by atoms with Crippen molar-refractivity contribution in [1.29, 1.82) is 0 Å². The molecule has 17 heavy (non-hydrogen) atoms. The summed E-state index contributed by atoms with van der Waals surface area (Å²) in [6.07, 6.45) is -0.577. The van der Waals surface area contributed by atoms with Gasteiger partial charge < -0.3 is 15.5 Å². The number of hydrogen-bond donors (Lipinski definition) is 3. The maximum Gasteiger partial charge on any atom is 0.326 e. The molecule has 1 aromatic heterocycles. The minimum atomic E-state index is -1.39. The normalized spacial score (nSPS) is 11.8. The van der Waals surface area contributed by atoms with Crippen molar-refractivity contribution in [2.75, 3.05) is 0 Å². The number of thiophene rings is 1. The van der Waals surface area contributed by atoms with Gasteiger partial charge >= 0.3 is 11.9 Å². The molecule has 0 aliphatic carbocycles. The van der Waals surface area contributed by atoms with Crippen molar-refractivity contribution in [3.63, 3.8) is 0 Å². The van der Waals surface area contributed by atoms with Crippen molar-refractivity contribution in [2.45, 2.75) is 18.9 Å². The molecule has 0 radical (unpaired) electrons. The lowest BCUT2D eigenvalue weighted by Crippen LogP contribution is -2.42. The quantitative estimate of drug-likeness (QED) is 0.681. The lowest BCUT2D eigenvalue weighted by molar-refractivity contribution is -0.147. The first-order valence-corrected chi connectivity index (χ1v) is 5.63. The van der Waals surface area contributed by atoms with Gasteiger partial charge in [0.05, 0.1) is 12.8 Å². The van der Waals surface area contributed by atoms with Crippen LogP contribution < -0.4 is 5.32 Å². The van der Waals surface area contributed by atoms with E-state index >= 15 is 0 Å². The van der Waals surface area contributed by atoms with E-state index in [9.17, 15) is 14.4 Å². The van der Waals surface area contributed by atoms with E-state index < -0.39 is 30.3 Å². The fourth-order valence-electron chi connectivity index (χ4n) is 1.19. The third-order valence-electron chi connectivity index (χ3n) is 1.93. The van der Waals surface area contributed by atoms with Gasteiger partial charge in [0.25, 0.3) is 0 Å². The number of nitrogens with one attached hydrogen (secondary N) is 1. The van der Waals surface area contributed by atoms with Gasteiger partial charge in [-0.3, -0.25) is 9.59 Å². The van der Waals surface area contributed by atoms with Crippen LogP contribution in [0.1, 0.15) is 11.3 Å². The van der Waals surface area contributed by atoms with E-state index in [1.54, 1.807) is 17.5 Å². The number of carbonyl (C=O) groups is 3. The molecule has 1 rings (SSSR count). The van der Waals surface area contributed by atoms with Crippen LogP contribution in [0.5, 0.6) is 0 Å². The second-order valence-electron chi connectivity index (χ2n) is 3.31. The van der Waals surface area contributed by atoms with Crippen LogP contribution in [0.15, 0.2) is 17.5 Å². The van der Waals surface area contributed by atoms with Gasteiger partial charge in [0.1, 0.15) is 6.04 Å². The van der Waals surface area contributed by atoms with Gasteiger partial charge in [-0.2, -0.15) is 0 Å². The Bertz CT molecular complexity index is 414. The van der Waals surface area contributed by atoms with Gasteiger partial charge in [-0.05, 0) is 11.4 Å². The molecule has 92 valence electrons. The summed E-state index contributed by atoms with van der Waals surface area (Å²) < 4.78 is 0. The molecule has 1 aromatic rings. The maximum absolute atomic E-state index is 11.4. The molecule has 0 aliphatic rings. The highest BCUT2D eigenvalue weighted by atomic mass is 32.1. The minimum absolute atomic E-state index is 0.0566. The second-order valence-corrected chi connectivity index (χ2v) is 4.34. The average molecular weight is 257 g/mol. The first kappa shape index (κ1) is 13.2. The fourth-order valence-corrected chi connectivity index (χ4v) is 1.89. The van der Waals surface area contributed by atoms with E-state index in [-0.39, 0.29) is 6.42 Å². The zero-order valence-corrected chi connectivity index (χ0v) is 9.57. The Morgan fingerprint density at radius 1 is 1.35 bits per heavy atom. The smallest absolute Gasteiger partial charge is 0.326 e. The molecule has 0 unspecified atom stereocenters. The summed E-state index contributed by atoms with van der Waals surface area (Å²) in [5, 5.41) is 21.2. The number of carbonyl (C=O) groups excluding carboxylic acids is 1. The second kappa shape index (κ2) is 6.00. The predicted octanol–water partition coefficient (Wildman–Crippen LogP) is 0.335. The molecule has 1 heterocycles. The third kappa shape index (κ3) is 4.64. The Hall–Kier alpha value is -1.89. The SMILES string of the molecule is O=C(O)C[C@H](NC(=O)Cc1cccs1)C(=O)O. The predicted molar refractivity (Wildman–Crippen MR) is 59.8 cm³/mol. The summed E-state index contributed by atoms with van der Waals surface area (Å²) in [6.45, 7) is 0. The molecular formula is C10H11NO5S. The lowest BCUT2D eigenvalue weighted by atomic mass is 10.2. The third-order valence-corrected chi connectivity index (χ3v) is 2.80. The van der Waals surface area contributed by atoms with Gasteiger partial charge in [0, 0.05) is 4.88 Å². The molecule has 0 saturated heterocycles. The number of carboxylic acids is 2. The Kier molecular flexibility index (Phi) is 4.65. The van der Waals surface area contributed by atoms with Crippen molar-refractivity contribution < 1.29 is 24.6 Å². The van der Waals surface area contributed by atoms with E-state index in [1.807, 2.05) is 0 Å². The summed E-state index contributed by atoms with van der Waals surface area (Å²) in [5.41, 5.74) is 0. The van der Waals surface area contributed by atoms with E-state index in [0.29, 0.717) is 0 Å². The molecule has 0 aliphatic heterocycles. The van der Waals surface area contributed by atoms with Gasteiger partial charge in [-0.15, -0.1) is 11.3 Å². The van der Waals surface area contributed by atoms with Gasteiger partial charge in [-0.25, -0.2) is 4.79 Å². The Balaban J connectivity index is 2.52. The molecule has 6 nitrogen and oxygen atoms in total. The first-order chi connectivity index (χ1) is 7.99. The van der Waals surface area contributed by atoms with Crippen molar-refractivity contribution in [2.24, 2.45) is 0 Å². The fraction of sp³-hybridized carbons (Fsp3) is 0.300. The van der Waals surface area contributed by atoms with E-state index in [0.717, 1.165) is 4.88 Å². The summed E-state index contributed by atoms with van der Waals surface area (Å²) in [6, 6.07) is 2.14. The van der Waals surface area contributed by atoms with Crippen molar-refractivity contribution >= 4 is 29.2 Å². The molecule has 7 heteroatoms. The summed E-state index contributed by atoms with van der Waals surface area (Å²) in [7, 11) is 0. The van der Waals surface area contributed by atoms with Crippen LogP contribution in [-0.2, 0) is 20.8 Å². The summed E-state index contributed by atoms with van der Waals surface area (Å²) in [5.74, 6) is -3.12. The molecule has 0 bridgehead atoms. The van der Waals surface area contributed by atoms with Crippen molar-refractivity contribution in [3.8, 4) is 0 Å². The van der Waals surface area contributed by atoms with Crippen LogP contribution in [0.2, 0.25) is 0 Å². The van der Waals surface area contributed by atoms with E-state index in [1.165, 1.54) is 11.3 Å². The summed E-state index contributed by atoms with van der Waals surface area (Å²) in [4.78, 5) is 33.3. The number of amides is 1. The summed E-state index contributed by atoms with van der Waals surface area (Å²) >= 11 is 1.38. The average Bonchev–Trinajstić information content (AvgIpc) is 2.68. The topological polar surface area (TPSA) is 104 Å². The minimum Gasteiger partial charge on any atom is -0.481 e.